The van der Waals surface area contributed by atoms with Crippen molar-refractivity contribution in [2.75, 3.05) is 14.2 Å². The van der Waals surface area contributed by atoms with E-state index in [2.05, 4.69) is 41.3 Å². The van der Waals surface area contributed by atoms with Gasteiger partial charge >= 0.3 is 75.3 Å². The summed E-state index contributed by atoms with van der Waals surface area (Å²) in [7, 11) is 2.50. The summed E-state index contributed by atoms with van der Waals surface area (Å²) in [5, 5.41) is 17.3. The summed E-state index contributed by atoms with van der Waals surface area (Å²) >= 11 is 6.55. The van der Waals surface area contributed by atoms with Gasteiger partial charge in [-0.15, -0.1) is 0 Å². The fraction of sp³-hybridized carbons (Fsp3) is 0.273. The molecule has 2 aromatic carbocycles. The number of rotatable bonds is 8. The number of aliphatic carboxylic acids is 2. The number of methoxy groups -OCH3 is 2. The second kappa shape index (κ2) is 18.2. The van der Waals surface area contributed by atoms with Crippen molar-refractivity contribution in [1.82, 2.24) is 0 Å². The molecule has 0 aliphatic rings. The minimum Gasteiger partial charge on any atom is -0.870 e. The number of halogens is 2. The van der Waals surface area contributed by atoms with Crippen LogP contribution in [0.3, 0.4) is 0 Å². The summed E-state index contributed by atoms with van der Waals surface area (Å²) < 4.78 is 11.0. The number of carbonyl (C=O) groups is 4. The zero-order chi connectivity index (χ0) is 24.3. The zero-order valence-corrected chi connectivity index (χ0v) is 25.0. The minimum atomic E-state index is -1.38. The van der Waals surface area contributed by atoms with E-state index in [9.17, 15) is 19.2 Å². The number of hydrogen-bond acceptors (Lipinski definition) is 7. The van der Waals surface area contributed by atoms with E-state index in [-0.39, 0.29) is 69.7 Å². The minimum absolute atomic E-state index is 0. The Morgan fingerprint density at radius 2 is 1.00 bits per heavy atom. The van der Waals surface area contributed by atoms with E-state index in [4.69, 9.17) is 10.2 Å². The molecule has 0 fully saturated rings. The Morgan fingerprint density at radius 3 is 1.26 bits per heavy atom. The van der Waals surface area contributed by atoms with Crippen LogP contribution in [0.15, 0.2) is 57.5 Å². The van der Waals surface area contributed by atoms with Crippen LogP contribution in [0, 0.1) is 11.8 Å². The fourth-order valence-corrected chi connectivity index (χ4v) is 3.07. The Morgan fingerprint density at radius 1 is 0.706 bits per heavy atom. The van der Waals surface area contributed by atoms with Crippen molar-refractivity contribution >= 4 is 55.7 Å². The quantitative estimate of drug-likeness (QED) is 0.242. The van der Waals surface area contributed by atoms with Crippen molar-refractivity contribution in [3.8, 4) is 0 Å². The first-order valence-electron chi connectivity index (χ1n) is 9.19. The zero-order valence-electron chi connectivity index (χ0n) is 18.7. The SMILES string of the molecule is COC(=O)C(Cc1ccc(Br)cc1)C(=O)OC.O=C(O)C(Cc1ccc(Br)cc1)C(=O)O.[K+].[OH-]. The first-order valence-corrected chi connectivity index (χ1v) is 10.8. The molecule has 0 saturated carbocycles. The van der Waals surface area contributed by atoms with Gasteiger partial charge in [-0.3, -0.25) is 19.2 Å². The van der Waals surface area contributed by atoms with Gasteiger partial charge in [-0.25, -0.2) is 0 Å². The average Bonchev–Trinajstić information content (AvgIpc) is 2.77. The van der Waals surface area contributed by atoms with Crippen LogP contribution < -0.4 is 51.4 Å². The molecule has 0 unspecified atom stereocenters. The summed E-state index contributed by atoms with van der Waals surface area (Å²) in [6.07, 6.45) is 0.268. The largest absolute Gasteiger partial charge is 1.00 e. The fourth-order valence-electron chi connectivity index (χ4n) is 2.54. The topological polar surface area (TPSA) is 157 Å². The van der Waals surface area contributed by atoms with Crippen LogP contribution >= 0.6 is 31.9 Å². The summed E-state index contributed by atoms with van der Waals surface area (Å²) in [5.74, 6) is -6.09. The number of hydrogen-bond donors (Lipinski definition) is 2. The molecule has 9 nitrogen and oxygen atoms in total. The van der Waals surface area contributed by atoms with Gasteiger partial charge in [0.2, 0.25) is 0 Å². The maximum Gasteiger partial charge on any atom is 1.00 e. The van der Waals surface area contributed by atoms with E-state index in [1.807, 2.05) is 24.3 Å². The predicted molar refractivity (Wildman–Crippen MR) is 124 cm³/mol. The van der Waals surface area contributed by atoms with Gasteiger partial charge in [0.05, 0.1) is 14.2 Å². The molecule has 0 amide bonds. The third-order valence-electron chi connectivity index (χ3n) is 4.27. The van der Waals surface area contributed by atoms with Gasteiger partial charge in [0, 0.05) is 8.95 Å². The Kier molecular flexibility index (Phi) is 18.7. The summed E-state index contributed by atoms with van der Waals surface area (Å²) in [6.45, 7) is 0. The molecular formula is C22H23Br2KO9. The molecule has 2 rings (SSSR count). The Labute approximate surface area is 256 Å². The molecule has 34 heavy (non-hydrogen) atoms. The Balaban J connectivity index is 0. The second-order valence-corrected chi connectivity index (χ2v) is 8.32. The van der Waals surface area contributed by atoms with E-state index in [0.717, 1.165) is 14.5 Å². The van der Waals surface area contributed by atoms with Crippen molar-refractivity contribution in [2.24, 2.45) is 11.8 Å². The maximum atomic E-state index is 11.5. The molecular weight excluding hydrogens is 607 g/mol. The van der Waals surface area contributed by atoms with Crippen molar-refractivity contribution < 1.29 is 95.7 Å². The molecule has 0 aliphatic carbocycles. The Bertz CT molecular complexity index is 904. The summed E-state index contributed by atoms with van der Waals surface area (Å²) in [5.41, 5.74) is 1.56. The molecule has 180 valence electrons. The van der Waals surface area contributed by atoms with Crippen molar-refractivity contribution in [1.29, 1.82) is 0 Å². The normalized spacial score (nSPS) is 9.59. The van der Waals surface area contributed by atoms with Gasteiger partial charge in [0.15, 0.2) is 11.8 Å². The molecule has 0 saturated heterocycles. The van der Waals surface area contributed by atoms with Gasteiger partial charge in [-0.1, -0.05) is 56.1 Å². The van der Waals surface area contributed by atoms with Crippen LogP contribution in [-0.4, -0.2) is 53.8 Å². The molecule has 12 heteroatoms. The van der Waals surface area contributed by atoms with Crippen LogP contribution in [0.2, 0.25) is 0 Å². The van der Waals surface area contributed by atoms with Crippen LogP contribution in [0.4, 0.5) is 0 Å². The number of carboxylic acid groups (broad SMARTS) is 2. The van der Waals surface area contributed by atoms with Crippen LogP contribution in [0.25, 0.3) is 0 Å². The predicted octanol–water partition coefficient (Wildman–Crippen LogP) is 0.558. The first-order chi connectivity index (χ1) is 15.1. The van der Waals surface area contributed by atoms with E-state index >= 15 is 0 Å². The van der Waals surface area contributed by atoms with E-state index in [0.29, 0.717) is 5.56 Å². The van der Waals surface area contributed by atoms with Crippen molar-refractivity contribution in [2.45, 2.75) is 12.8 Å². The van der Waals surface area contributed by atoms with Crippen LogP contribution in [0.1, 0.15) is 11.1 Å². The van der Waals surface area contributed by atoms with Gasteiger partial charge < -0.3 is 25.2 Å². The molecule has 0 bridgehead atoms. The molecule has 3 N–H and O–H groups in total. The molecule has 0 aromatic heterocycles. The number of carbonyl (C=O) groups excluding carboxylic acids is 2. The van der Waals surface area contributed by atoms with Crippen molar-refractivity contribution in [3.05, 3.63) is 68.6 Å². The summed E-state index contributed by atoms with van der Waals surface area (Å²) in [6, 6.07) is 14.3. The van der Waals surface area contributed by atoms with Crippen molar-refractivity contribution in [3.63, 3.8) is 0 Å². The molecule has 2 aromatic rings. The van der Waals surface area contributed by atoms with Gasteiger partial charge in [-0.2, -0.15) is 0 Å². The second-order valence-electron chi connectivity index (χ2n) is 6.49. The third-order valence-corrected chi connectivity index (χ3v) is 5.33. The van der Waals surface area contributed by atoms with Gasteiger partial charge in [0.25, 0.3) is 0 Å². The monoisotopic (exact) mass is 628 g/mol. The summed E-state index contributed by atoms with van der Waals surface area (Å²) in [4.78, 5) is 44.1. The van der Waals surface area contributed by atoms with Gasteiger partial charge in [-0.05, 0) is 48.2 Å². The first kappa shape index (κ1) is 35.0. The van der Waals surface area contributed by atoms with Gasteiger partial charge in [0.1, 0.15) is 0 Å². The third kappa shape index (κ3) is 12.5. The molecule has 0 heterocycles. The van der Waals surface area contributed by atoms with E-state index in [1.54, 1.807) is 24.3 Å². The smallest absolute Gasteiger partial charge is 0.870 e. The number of esters is 2. The number of benzene rings is 2. The molecule has 0 aliphatic heterocycles. The van der Waals surface area contributed by atoms with E-state index < -0.39 is 35.7 Å². The standard InChI is InChI=1S/C12H13BrO4.C10H9BrO4.K.H2O/c1-16-11(14)10(12(15)17-2)7-8-3-5-9(13)6-4-8;11-7-3-1-6(2-4-7)5-8(9(12)13)10(14)15;;/h3-6,10H,7H2,1-2H3;1-4,8H,5H2,(H,12,13)(H,14,15);;1H2/q;;+1;/p-1. The maximum absolute atomic E-state index is 11.5. The Hall–Kier alpha value is -1.12. The van der Waals surface area contributed by atoms with E-state index in [1.165, 1.54) is 14.2 Å². The number of ether oxygens (including phenoxy) is 2. The van der Waals surface area contributed by atoms with Crippen LogP contribution in [0.5, 0.6) is 0 Å². The number of carboxylic acids is 2. The average molecular weight is 630 g/mol. The van der Waals surface area contributed by atoms with Crippen LogP contribution in [-0.2, 0) is 41.5 Å². The molecule has 0 spiro atoms. The molecule has 0 atom stereocenters. The molecule has 0 radical (unpaired) electrons.